The highest BCUT2D eigenvalue weighted by molar-refractivity contribution is 7.68. The molecule has 0 spiro atoms. The van der Waals surface area contributed by atoms with Gasteiger partial charge in [-0.15, -0.1) is 0 Å². The monoisotopic (exact) mass is 261 g/mol. The zero-order chi connectivity index (χ0) is 12.9. The van der Waals surface area contributed by atoms with Crippen molar-refractivity contribution in [2.75, 3.05) is 4.90 Å². The van der Waals surface area contributed by atoms with E-state index in [1.807, 2.05) is 0 Å². The smallest absolute Gasteiger partial charge is 0.0449 e. The molecule has 1 nitrogen and oxygen atoms in total. The van der Waals surface area contributed by atoms with Crippen molar-refractivity contribution in [3.8, 4) is 0 Å². The van der Waals surface area contributed by atoms with Gasteiger partial charge in [0.15, 0.2) is 0 Å². The van der Waals surface area contributed by atoms with Crippen LogP contribution >= 0.6 is 7.92 Å². The Balaban J connectivity index is 1.95. The summed E-state index contributed by atoms with van der Waals surface area (Å²) in [6, 6.07) is 10.6. The average molecular weight is 261 g/mol. The summed E-state index contributed by atoms with van der Waals surface area (Å²) < 4.78 is 0. The fourth-order valence-electron chi connectivity index (χ4n) is 3.89. The Hall–Kier alpha value is -0.550. The first-order chi connectivity index (χ1) is 8.59. The highest BCUT2D eigenvalue weighted by atomic mass is 31.1. The first-order valence-corrected chi connectivity index (χ1v) is 8.73. The van der Waals surface area contributed by atoms with Gasteiger partial charge in [0.25, 0.3) is 0 Å². The van der Waals surface area contributed by atoms with Crippen LogP contribution in [0.2, 0.25) is 0 Å². The lowest BCUT2D eigenvalue weighted by Gasteiger charge is -2.51. The van der Waals surface area contributed by atoms with Crippen molar-refractivity contribution in [1.82, 2.24) is 0 Å². The number of anilines is 1. The van der Waals surface area contributed by atoms with E-state index in [1.165, 1.54) is 18.5 Å². The van der Waals surface area contributed by atoms with Gasteiger partial charge in [0.2, 0.25) is 0 Å². The van der Waals surface area contributed by atoms with Gasteiger partial charge in [0.05, 0.1) is 0 Å². The van der Waals surface area contributed by atoms with Gasteiger partial charge in [-0.05, 0) is 49.4 Å². The minimum Gasteiger partial charge on any atom is -0.365 e. The largest absolute Gasteiger partial charge is 0.365 e. The zero-order valence-electron chi connectivity index (χ0n) is 11.9. The quantitative estimate of drug-likeness (QED) is 0.728. The summed E-state index contributed by atoms with van der Waals surface area (Å²) in [7, 11) is 0.0798. The Morgan fingerprint density at radius 1 is 0.944 bits per heavy atom. The molecule has 18 heavy (non-hydrogen) atoms. The predicted octanol–water partition coefficient (Wildman–Crippen LogP) is 3.96. The van der Waals surface area contributed by atoms with Crippen LogP contribution in [-0.2, 0) is 0 Å². The van der Waals surface area contributed by atoms with Crippen molar-refractivity contribution in [2.45, 2.75) is 63.9 Å². The highest BCUT2D eigenvalue weighted by Crippen LogP contribution is 2.59. The molecule has 98 valence electrons. The maximum Gasteiger partial charge on any atom is 0.0449 e. The topological polar surface area (TPSA) is 3.24 Å². The Bertz CT molecular complexity index is 387. The predicted molar refractivity (Wildman–Crippen MR) is 82.6 cm³/mol. The Morgan fingerprint density at radius 2 is 1.56 bits per heavy atom. The molecule has 0 saturated carbocycles. The Kier molecular flexibility index (Phi) is 3.14. The third kappa shape index (κ3) is 1.79. The minimum absolute atomic E-state index is 0.0798. The molecule has 2 aliphatic rings. The van der Waals surface area contributed by atoms with E-state index < -0.39 is 0 Å². The molecule has 1 aromatic rings. The van der Waals surface area contributed by atoms with Gasteiger partial charge in [-0.1, -0.05) is 40.0 Å². The summed E-state index contributed by atoms with van der Waals surface area (Å²) in [5, 5.41) is 1.66. The summed E-state index contributed by atoms with van der Waals surface area (Å²) in [5.74, 6) is 0. The second-order valence-corrected chi connectivity index (χ2v) is 9.23. The third-order valence-corrected chi connectivity index (χ3v) is 7.96. The maximum absolute atomic E-state index is 2.63. The van der Waals surface area contributed by atoms with E-state index in [2.05, 4.69) is 56.9 Å². The molecule has 1 aromatic carbocycles. The van der Waals surface area contributed by atoms with Crippen molar-refractivity contribution in [1.29, 1.82) is 0 Å². The van der Waals surface area contributed by atoms with E-state index in [1.54, 1.807) is 5.30 Å². The molecule has 2 heterocycles. The van der Waals surface area contributed by atoms with Crippen molar-refractivity contribution < 1.29 is 0 Å². The van der Waals surface area contributed by atoms with Crippen LogP contribution in [0.5, 0.6) is 0 Å². The Labute approximate surface area is 112 Å². The lowest BCUT2D eigenvalue weighted by molar-refractivity contribution is 0.381. The van der Waals surface area contributed by atoms with Gasteiger partial charge < -0.3 is 4.90 Å². The van der Waals surface area contributed by atoms with Crippen molar-refractivity contribution in [2.24, 2.45) is 0 Å². The number of hydrogen-bond donors (Lipinski definition) is 0. The van der Waals surface area contributed by atoms with Crippen LogP contribution < -0.4 is 10.2 Å². The molecular weight excluding hydrogens is 237 g/mol. The van der Waals surface area contributed by atoms with Crippen LogP contribution in [-0.4, -0.2) is 23.4 Å². The van der Waals surface area contributed by atoms with Crippen molar-refractivity contribution in [3.05, 3.63) is 24.3 Å². The molecule has 2 fully saturated rings. The summed E-state index contributed by atoms with van der Waals surface area (Å²) in [6.45, 7) is 9.59. The van der Waals surface area contributed by atoms with E-state index in [-0.39, 0.29) is 7.92 Å². The van der Waals surface area contributed by atoms with E-state index in [9.17, 15) is 0 Å². The van der Waals surface area contributed by atoms with Gasteiger partial charge >= 0.3 is 0 Å². The van der Waals surface area contributed by atoms with Crippen LogP contribution in [0.1, 0.15) is 40.5 Å². The van der Waals surface area contributed by atoms with E-state index in [4.69, 9.17) is 0 Å². The highest BCUT2D eigenvalue weighted by Gasteiger charge is 2.39. The number of nitrogens with zero attached hydrogens (tertiary/aromatic N) is 1. The number of rotatable bonds is 2. The molecule has 0 N–H and O–H groups in total. The molecule has 0 amide bonds. The van der Waals surface area contributed by atoms with E-state index >= 15 is 0 Å². The number of benzene rings is 1. The SMILES string of the molecule is C[C@@H]1C[C@@H](C)N1c1ccccc1P1[C@H](C)C[C@H]1C. The molecule has 2 heteroatoms. The molecule has 3 rings (SSSR count). The molecular formula is C16H24NP. The van der Waals surface area contributed by atoms with Crippen LogP contribution in [0.25, 0.3) is 0 Å². The lowest BCUT2D eigenvalue weighted by Crippen LogP contribution is -2.54. The Morgan fingerprint density at radius 3 is 2.11 bits per heavy atom. The molecule has 0 bridgehead atoms. The molecule has 2 aliphatic heterocycles. The molecule has 0 radical (unpaired) electrons. The van der Waals surface area contributed by atoms with E-state index in [0.717, 1.165) is 23.4 Å². The van der Waals surface area contributed by atoms with Crippen LogP contribution in [0, 0.1) is 0 Å². The van der Waals surface area contributed by atoms with E-state index in [0.29, 0.717) is 0 Å². The lowest BCUT2D eigenvalue weighted by atomic mass is 9.94. The first kappa shape index (κ1) is 12.5. The summed E-state index contributed by atoms with van der Waals surface area (Å²) >= 11 is 0. The average Bonchev–Trinajstić information content (AvgIpc) is 2.31. The second-order valence-electron chi connectivity index (χ2n) is 6.17. The molecule has 2 saturated heterocycles. The molecule has 4 atom stereocenters. The minimum atomic E-state index is 0.0798. The third-order valence-electron chi connectivity index (χ3n) is 4.70. The summed E-state index contributed by atoms with van der Waals surface area (Å²) in [6.07, 6.45) is 2.77. The van der Waals surface area contributed by atoms with Gasteiger partial charge in [-0.25, -0.2) is 0 Å². The second kappa shape index (κ2) is 4.53. The van der Waals surface area contributed by atoms with Crippen LogP contribution in [0.4, 0.5) is 5.69 Å². The summed E-state index contributed by atoms with van der Waals surface area (Å²) in [4.78, 5) is 2.63. The zero-order valence-corrected chi connectivity index (χ0v) is 12.8. The van der Waals surface area contributed by atoms with Crippen LogP contribution in [0.3, 0.4) is 0 Å². The summed E-state index contributed by atoms with van der Waals surface area (Å²) in [5.41, 5.74) is 3.37. The number of hydrogen-bond acceptors (Lipinski definition) is 1. The van der Waals surface area contributed by atoms with Crippen LogP contribution in [0.15, 0.2) is 24.3 Å². The molecule has 0 unspecified atom stereocenters. The standard InChI is InChI=1S/C16H24NP/c1-11-9-12(2)17(11)15-7-5-6-8-16(15)18-13(3)10-14(18)4/h5-8,11-14H,9-10H2,1-4H3/t11-,12-,13-,14-/m1/s1. The van der Waals surface area contributed by atoms with Gasteiger partial charge in [0, 0.05) is 17.8 Å². The van der Waals surface area contributed by atoms with Gasteiger partial charge in [-0.2, -0.15) is 0 Å². The van der Waals surface area contributed by atoms with Crippen molar-refractivity contribution >= 4 is 18.9 Å². The van der Waals surface area contributed by atoms with Crippen molar-refractivity contribution in [3.63, 3.8) is 0 Å². The first-order valence-electron chi connectivity index (χ1n) is 7.25. The molecule has 0 aliphatic carbocycles. The molecule has 0 aromatic heterocycles. The van der Waals surface area contributed by atoms with Gasteiger partial charge in [-0.3, -0.25) is 0 Å². The fourth-order valence-corrected chi connectivity index (χ4v) is 7.11. The van der Waals surface area contributed by atoms with Gasteiger partial charge in [0.1, 0.15) is 0 Å². The maximum atomic E-state index is 2.63. The normalized spacial score (nSPS) is 36.1. The number of para-hydroxylation sites is 1. The fraction of sp³-hybridized carbons (Fsp3) is 0.625.